The third kappa shape index (κ3) is 2.62. The van der Waals surface area contributed by atoms with Gasteiger partial charge in [0.2, 0.25) is 10.0 Å². The quantitative estimate of drug-likeness (QED) is 0.639. The van der Waals surface area contributed by atoms with Gasteiger partial charge in [0.15, 0.2) is 0 Å². The Morgan fingerprint density at radius 3 is 2.56 bits per heavy atom. The van der Waals surface area contributed by atoms with Crippen molar-refractivity contribution >= 4 is 15.7 Å². The van der Waals surface area contributed by atoms with E-state index in [4.69, 9.17) is 5.73 Å². The van der Waals surface area contributed by atoms with Crippen molar-refractivity contribution in [2.24, 2.45) is 0 Å². The van der Waals surface area contributed by atoms with Gasteiger partial charge in [-0.2, -0.15) is 4.31 Å². The van der Waals surface area contributed by atoms with Crippen LogP contribution in [0.3, 0.4) is 0 Å². The van der Waals surface area contributed by atoms with Crippen molar-refractivity contribution in [3.63, 3.8) is 0 Å². The fourth-order valence-electron chi connectivity index (χ4n) is 1.39. The molecule has 2 N–H and O–H groups in total. The topological polar surface area (TPSA) is 63.4 Å². The number of nitrogen functional groups attached to an aromatic ring is 1. The van der Waals surface area contributed by atoms with Gasteiger partial charge in [-0.25, -0.2) is 8.42 Å². The van der Waals surface area contributed by atoms with Crippen molar-refractivity contribution in [3.8, 4) is 0 Å². The highest BCUT2D eigenvalue weighted by Gasteiger charge is 2.19. The first-order valence-corrected chi connectivity index (χ1v) is 6.26. The molecule has 0 atom stereocenters. The molecule has 0 spiro atoms. The Hall–Kier alpha value is -1.33. The first-order chi connectivity index (χ1) is 7.37. The Labute approximate surface area is 96.4 Å². The lowest BCUT2D eigenvalue weighted by Crippen LogP contribution is -2.27. The molecule has 0 aliphatic heterocycles. The van der Waals surface area contributed by atoms with Crippen molar-refractivity contribution in [2.75, 3.05) is 19.3 Å². The minimum absolute atomic E-state index is 0.217. The maximum atomic E-state index is 12.0. The molecule has 0 aromatic heterocycles. The van der Waals surface area contributed by atoms with E-state index in [0.717, 1.165) is 5.56 Å². The zero-order valence-corrected chi connectivity index (χ0v) is 10.3. The van der Waals surface area contributed by atoms with E-state index in [1.54, 1.807) is 12.1 Å². The van der Waals surface area contributed by atoms with E-state index in [2.05, 4.69) is 6.58 Å². The highest BCUT2D eigenvalue weighted by Crippen LogP contribution is 2.19. The highest BCUT2D eigenvalue weighted by atomic mass is 32.2. The van der Waals surface area contributed by atoms with E-state index < -0.39 is 10.0 Å². The number of sulfonamides is 1. The second-order valence-corrected chi connectivity index (χ2v) is 5.70. The van der Waals surface area contributed by atoms with Crippen molar-refractivity contribution in [2.45, 2.75) is 11.8 Å². The number of benzene rings is 1. The summed E-state index contributed by atoms with van der Waals surface area (Å²) in [6.45, 7) is 5.59. The van der Waals surface area contributed by atoms with E-state index in [9.17, 15) is 8.42 Å². The van der Waals surface area contributed by atoms with E-state index in [0.29, 0.717) is 5.69 Å². The Morgan fingerprint density at radius 2 is 2.06 bits per heavy atom. The summed E-state index contributed by atoms with van der Waals surface area (Å²) in [6.07, 6.45) is 1.54. The fraction of sp³-hybridized carbons (Fsp3) is 0.273. The molecule has 0 radical (unpaired) electrons. The van der Waals surface area contributed by atoms with E-state index >= 15 is 0 Å². The van der Waals surface area contributed by atoms with Crippen molar-refractivity contribution in [1.29, 1.82) is 0 Å². The largest absolute Gasteiger partial charge is 0.399 e. The SMILES string of the molecule is C=CCN(C)S(=O)(=O)c1cc(C)cc(N)c1. The van der Waals surface area contributed by atoms with Crippen LogP contribution in [-0.2, 0) is 10.0 Å². The average Bonchev–Trinajstić information content (AvgIpc) is 2.16. The summed E-state index contributed by atoms with van der Waals surface area (Å²) >= 11 is 0. The number of nitrogens with zero attached hydrogens (tertiary/aromatic N) is 1. The molecule has 1 aromatic carbocycles. The lowest BCUT2D eigenvalue weighted by Gasteiger charge is -2.15. The minimum Gasteiger partial charge on any atom is -0.399 e. The van der Waals surface area contributed by atoms with Gasteiger partial charge in [-0.05, 0) is 30.7 Å². The molecule has 0 aliphatic carbocycles. The molecule has 0 bridgehead atoms. The summed E-state index contributed by atoms with van der Waals surface area (Å²) < 4.78 is 25.3. The summed E-state index contributed by atoms with van der Waals surface area (Å²) in [5.74, 6) is 0. The van der Waals surface area contributed by atoms with Gasteiger partial charge in [-0.15, -0.1) is 6.58 Å². The number of hydrogen-bond donors (Lipinski definition) is 1. The van der Waals surface area contributed by atoms with Gasteiger partial charge in [-0.1, -0.05) is 6.08 Å². The maximum absolute atomic E-state index is 12.0. The van der Waals surface area contributed by atoms with Crippen LogP contribution in [0.1, 0.15) is 5.56 Å². The predicted octanol–water partition coefficient (Wildman–Crippen LogP) is 1.38. The average molecular weight is 240 g/mol. The lowest BCUT2D eigenvalue weighted by molar-refractivity contribution is 0.499. The monoisotopic (exact) mass is 240 g/mol. The fourth-order valence-corrected chi connectivity index (χ4v) is 2.67. The number of aryl methyl sites for hydroxylation is 1. The first-order valence-electron chi connectivity index (χ1n) is 4.82. The molecule has 0 heterocycles. The standard InChI is InChI=1S/C11H16N2O2S/c1-4-5-13(3)16(14,15)11-7-9(2)6-10(12)8-11/h4,6-8H,1,5,12H2,2-3H3. The molecule has 5 heteroatoms. The Bertz CT molecular complexity index is 474. The van der Waals surface area contributed by atoms with Gasteiger partial charge in [0.1, 0.15) is 0 Å². The molecule has 16 heavy (non-hydrogen) atoms. The molecule has 0 unspecified atom stereocenters. The van der Waals surface area contributed by atoms with Crippen LogP contribution in [-0.4, -0.2) is 26.3 Å². The second-order valence-electron chi connectivity index (χ2n) is 3.65. The van der Waals surface area contributed by atoms with Gasteiger partial charge >= 0.3 is 0 Å². The first kappa shape index (κ1) is 12.7. The molecule has 0 saturated heterocycles. The van der Waals surface area contributed by atoms with E-state index in [1.165, 1.54) is 23.5 Å². The highest BCUT2D eigenvalue weighted by molar-refractivity contribution is 7.89. The molecular formula is C11H16N2O2S. The van der Waals surface area contributed by atoms with Crippen LogP contribution < -0.4 is 5.73 Å². The number of anilines is 1. The lowest BCUT2D eigenvalue weighted by atomic mass is 10.2. The number of likely N-dealkylation sites (N-methyl/N-ethyl adjacent to an activating group) is 1. The number of hydrogen-bond acceptors (Lipinski definition) is 3. The summed E-state index contributed by atoms with van der Waals surface area (Å²) in [7, 11) is -1.95. The Kier molecular flexibility index (Phi) is 3.72. The van der Waals surface area contributed by atoms with E-state index in [1.807, 2.05) is 6.92 Å². The summed E-state index contributed by atoms with van der Waals surface area (Å²) in [5, 5.41) is 0. The second kappa shape index (κ2) is 4.67. The van der Waals surface area contributed by atoms with Gasteiger partial charge in [-0.3, -0.25) is 0 Å². The Balaban J connectivity index is 3.21. The molecule has 0 fully saturated rings. The smallest absolute Gasteiger partial charge is 0.243 e. The third-order valence-electron chi connectivity index (χ3n) is 2.17. The maximum Gasteiger partial charge on any atom is 0.243 e. The molecule has 0 aliphatic rings. The summed E-state index contributed by atoms with van der Waals surface area (Å²) in [6, 6.07) is 4.79. The van der Waals surface area contributed by atoms with Gasteiger partial charge in [0.25, 0.3) is 0 Å². The van der Waals surface area contributed by atoms with Crippen LogP contribution in [0.15, 0.2) is 35.7 Å². The molecule has 0 amide bonds. The summed E-state index contributed by atoms with van der Waals surface area (Å²) in [4.78, 5) is 0.217. The number of nitrogens with two attached hydrogens (primary N) is 1. The molecule has 0 saturated carbocycles. The normalized spacial score (nSPS) is 11.7. The Morgan fingerprint density at radius 1 is 1.44 bits per heavy atom. The molecule has 1 rings (SSSR count). The molecule has 88 valence electrons. The van der Waals surface area contributed by atoms with Crippen molar-refractivity contribution < 1.29 is 8.42 Å². The van der Waals surface area contributed by atoms with Crippen LogP contribution in [0.2, 0.25) is 0 Å². The van der Waals surface area contributed by atoms with Crippen LogP contribution in [0, 0.1) is 6.92 Å². The van der Waals surface area contributed by atoms with Gasteiger partial charge in [0.05, 0.1) is 4.90 Å². The van der Waals surface area contributed by atoms with Crippen LogP contribution in [0.25, 0.3) is 0 Å². The van der Waals surface area contributed by atoms with E-state index in [-0.39, 0.29) is 11.4 Å². The summed E-state index contributed by atoms with van der Waals surface area (Å²) in [5.41, 5.74) is 6.90. The van der Waals surface area contributed by atoms with Crippen LogP contribution >= 0.6 is 0 Å². The third-order valence-corrected chi connectivity index (χ3v) is 3.97. The minimum atomic E-state index is -3.46. The van der Waals surface area contributed by atoms with Crippen LogP contribution in [0.5, 0.6) is 0 Å². The molecule has 1 aromatic rings. The zero-order valence-electron chi connectivity index (χ0n) is 9.47. The zero-order chi connectivity index (χ0) is 12.3. The van der Waals surface area contributed by atoms with Crippen LogP contribution in [0.4, 0.5) is 5.69 Å². The molecule has 4 nitrogen and oxygen atoms in total. The molecular weight excluding hydrogens is 224 g/mol. The number of rotatable bonds is 4. The van der Waals surface area contributed by atoms with Gasteiger partial charge < -0.3 is 5.73 Å². The van der Waals surface area contributed by atoms with Crippen molar-refractivity contribution in [3.05, 3.63) is 36.4 Å². The van der Waals surface area contributed by atoms with Crippen molar-refractivity contribution in [1.82, 2.24) is 4.31 Å². The van der Waals surface area contributed by atoms with Gasteiger partial charge in [0, 0.05) is 19.3 Å². The predicted molar refractivity (Wildman–Crippen MR) is 65.6 cm³/mol.